The number of halogens is 1. The summed E-state index contributed by atoms with van der Waals surface area (Å²) in [4.78, 5) is 9.13. The number of nitrogens with zero attached hydrogens (tertiary/aromatic N) is 4. The van der Waals surface area contributed by atoms with Gasteiger partial charge >= 0.3 is 0 Å². The molecule has 112 valence electrons. The molecule has 0 N–H and O–H groups in total. The van der Waals surface area contributed by atoms with Gasteiger partial charge in [-0.2, -0.15) is 4.37 Å². The van der Waals surface area contributed by atoms with E-state index in [9.17, 15) is 0 Å². The molecule has 1 saturated heterocycles. The van der Waals surface area contributed by atoms with E-state index in [-0.39, 0.29) is 0 Å². The molecule has 5 nitrogen and oxygen atoms in total. The van der Waals surface area contributed by atoms with Crippen LogP contribution in [0.15, 0.2) is 24.3 Å². The van der Waals surface area contributed by atoms with E-state index >= 15 is 0 Å². The summed E-state index contributed by atoms with van der Waals surface area (Å²) in [5, 5.41) is 1.76. The number of hydrogen-bond acceptors (Lipinski definition) is 6. The van der Waals surface area contributed by atoms with Crippen LogP contribution in [0.2, 0.25) is 5.02 Å². The van der Waals surface area contributed by atoms with E-state index in [2.05, 4.69) is 25.2 Å². The zero-order valence-corrected chi connectivity index (χ0v) is 13.4. The number of piperazine rings is 1. The lowest BCUT2D eigenvalue weighted by atomic mass is 10.2. The highest BCUT2D eigenvalue weighted by Gasteiger charge is 2.20. The SMILES string of the molecule is COCc1nsc(N2CCN(c3cccc(Cl)c3)CC2)n1. The van der Waals surface area contributed by atoms with Crippen LogP contribution in [0, 0.1) is 0 Å². The van der Waals surface area contributed by atoms with Crippen molar-refractivity contribution in [3.63, 3.8) is 0 Å². The third-order valence-corrected chi connectivity index (χ3v) is 4.50. The summed E-state index contributed by atoms with van der Waals surface area (Å²) in [7, 11) is 1.66. The Balaban J connectivity index is 1.61. The Labute approximate surface area is 133 Å². The highest BCUT2D eigenvalue weighted by Crippen LogP contribution is 2.24. The molecular formula is C14H17ClN4OS. The van der Waals surface area contributed by atoms with Crippen LogP contribution in [0.3, 0.4) is 0 Å². The summed E-state index contributed by atoms with van der Waals surface area (Å²) in [5.74, 6) is 0.759. The van der Waals surface area contributed by atoms with Crippen LogP contribution in [0.5, 0.6) is 0 Å². The van der Waals surface area contributed by atoms with Gasteiger partial charge in [-0.1, -0.05) is 17.7 Å². The van der Waals surface area contributed by atoms with Gasteiger partial charge in [0.05, 0.1) is 0 Å². The number of rotatable bonds is 4. The molecule has 21 heavy (non-hydrogen) atoms. The fourth-order valence-electron chi connectivity index (χ4n) is 2.39. The van der Waals surface area contributed by atoms with Gasteiger partial charge in [-0.05, 0) is 18.2 Å². The average Bonchev–Trinajstić information content (AvgIpc) is 2.97. The number of benzene rings is 1. The summed E-state index contributed by atoms with van der Waals surface area (Å²) in [6.07, 6.45) is 0. The molecule has 0 aliphatic carbocycles. The van der Waals surface area contributed by atoms with Crippen molar-refractivity contribution in [2.24, 2.45) is 0 Å². The monoisotopic (exact) mass is 324 g/mol. The number of hydrogen-bond donors (Lipinski definition) is 0. The van der Waals surface area contributed by atoms with Crippen LogP contribution in [-0.4, -0.2) is 42.6 Å². The van der Waals surface area contributed by atoms with Crippen LogP contribution in [0.1, 0.15) is 5.82 Å². The van der Waals surface area contributed by atoms with Gasteiger partial charge in [0.25, 0.3) is 0 Å². The first-order valence-corrected chi connectivity index (χ1v) is 7.98. The second kappa shape index (κ2) is 6.60. The summed E-state index contributed by atoms with van der Waals surface area (Å²) in [6.45, 7) is 4.26. The summed E-state index contributed by atoms with van der Waals surface area (Å²) in [5.41, 5.74) is 1.18. The second-order valence-electron chi connectivity index (χ2n) is 4.88. The maximum absolute atomic E-state index is 6.06. The van der Waals surface area contributed by atoms with Crippen LogP contribution in [-0.2, 0) is 11.3 Å². The minimum atomic E-state index is 0.471. The topological polar surface area (TPSA) is 41.5 Å². The minimum absolute atomic E-state index is 0.471. The van der Waals surface area contributed by atoms with Crippen molar-refractivity contribution in [3.8, 4) is 0 Å². The minimum Gasteiger partial charge on any atom is -0.377 e. The molecule has 2 aromatic rings. The Morgan fingerprint density at radius 2 is 2.00 bits per heavy atom. The molecule has 1 aromatic carbocycles. The van der Waals surface area contributed by atoms with E-state index in [4.69, 9.17) is 16.3 Å². The van der Waals surface area contributed by atoms with Gasteiger partial charge in [0.15, 0.2) is 5.82 Å². The molecule has 0 saturated carbocycles. The predicted octanol–water partition coefficient (Wildman–Crippen LogP) is 2.66. The zero-order valence-electron chi connectivity index (χ0n) is 11.8. The molecular weight excluding hydrogens is 308 g/mol. The first-order chi connectivity index (χ1) is 10.3. The number of aromatic nitrogens is 2. The fraction of sp³-hybridized carbons (Fsp3) is 0.429. The van der Waals surface area contributed by atoms with Crippen molar-refractivity contribution in [1.82, 2.24) is 9.36 Å². The number of ether oxygens (including phenoxy) is 1. The molecule has 2 heterocycles. The molecule has 0 amide bonds. The average molecular weight is 325 g/mol. The zero-order chi connectivity index (χ0) is 14.7. The van der Waals surface area contributed by atoms with Crippen molar-refractivity contribution in [2.45, 2.75) is 6.61 Å². The standard InChI is InChI=1S/C14H17ClN4OS/c1-20-10-13-16-14(21-17-13)19-7-5-18(6-8-19)12-4-2-3-11(15)9-12/h2-4,9H,5-8,10H2,1H3. The smallest absolute Gasteiger partial charge is 0.205 e. The summed E-state index contributed by atoms with van der Waals surface area (Å²) >= 11 is 7.50. The molecule has 1 aromatic heterocycles. The molecule has 1 aliphatic rings. The first kappa shape index (κ1) is 14.6. The Hall–Kier alpha value is -1.37. The maximum atomic E-state index is 6.06. The Morgan fingerprint density at radius 1 is 1.24 bits per heavy atom. The van der Waals surface area contributed by atoms with E-state index in [1.165, 1.54) is 17.2 Å². The van der Waals surface area contributed by atoms with Crippen molar-refractivity contribution in [3.05, 3.63) is 35.1 Å². The van der Waals surface area contributed by atoms with Crippen LogP contribution >= 0.6 is 23.1 Å². The van der Waals surface area contributed by atoms with Gasteiger partial charge in [0.2, 0.25) is 5.13 Å². The van der Waals surface area contributed by atoms with E-state index in [0.717, 1.165) is 42.2 Å². The summed E-state index contributed by atoms with van der Waals surface area (Å²) < 4.78 is 9.36. The Bertz CT molecular complexity index is 598. The quantitative estimate of drug-likeness (QED) is 0.865. The van der Waals surface area contributed by atoms with Crippen molar-refractivity contribution in [1.29, 1.82) is 0 Å². The largest absolute Gasteiger partial charge is 0.377 e. The van der Waals surface area contributed by atoms with Crippen molar-refractivity contribution in [2.75, 3.05) is 43.1 Å². The van der Waals surface area contributed by atoms with Crippen molar-refractivity contribution >= 4 is 34.0 Å². The summed E-state index contributed by atoms with van der Waals surface area (Å²) in [6, 6.07) is 8.01. The van der Waals surface area contributed by atoms with E-state index in [1.807, 2.05) is 18.2 Å². The third-order valence-electron chi connectivity index (χ3n) is 3.45. The molecule has 0 unspecified atom stereocenters. The molecule has 1 aliphatic heterocycles. The molecule has 0 radical (unpaired) electrons. The van der Waals surface area contributed by atoms with Crippen LogP contribution in [0.4, 0.5) is 10.8 Å². The number of methoxy groups -OCH3 is 1. The van der Waals surface area contributed by atoms with Gasteiger partial charge < -0.3 is 14.5 Å². The Morgan fingerprint density at radius 3 is 2.71 bits per heavy atom. The van der Waals surface area contributed by atoms with Gasteiger partial charge in [-0.25, -0.2) is 4.98 Å². The highest BCUT2D eigenvalue weighted by molar-refractivity contribution is 7.09. The molecule has 1 fully saturated rings. The molecule has 0 atom stereocenters. The van der Waals surface area contributed by atoms with Gasteiger partial charge in [0, 0.05) is 55.5 Å². The van der Waals surface area contributed by atoms with E-state index in [0.29, 0.717) is 6.61 Å². The lowest BCUT2D eigenvalue weighted by Gasteiger charge is -2.35. The first-order valence-electron chi connectivity index (χ1n) is 6.83. The molecule has 7 heteroatoms. The third kappa shape index (κ3) is 3.45. The molecule has 0 bridgehead atoms. The normalized spacial score (nSPS) is 15.5. The van der Waals surface area contributed by atoms with E-state index in [1.54, 1.807) is 7.11 Å². The number of anilines is 2. The van der Waals surface area contributed by atoms with Crippen LogP contribution in [0.25, 0.3) is 0 Å². The van der Waals surface area contributed by atoms with Gasteiger partial charge in [-0.3, -0.25) is 0 Å². The van der Waals surface area contributed by atoms with E-state index < -0.39 is 0 Å². The second-order valence-corrected chi connectivity index (χ2v) is 6.05. The van der Waals surface area contributed by atoms with Crippen LogP contribution < -0.4 is 9.80 Å². The maximum Gasteiger partial charge on any atom is 0.205 e. The van der Waals surface area contributed by atoms with Gasteiger partial charge in [-0.15, -0.1) is 0 Å². The Kier molecular flexibility index (Phi) is 4.57. The molecule has 0 spiro atoms. The lowest BCUT2D eigenvalue weighted by molar-refractivity contribution is 0.179. The molecule has 3 rings (SSSR count). The van der Waals surface area contributed by atoms with Gasteiger partial charge in [0.1, 0.15) is 6.61 Å². The predicted molar refractivity (Wildman–Crippen MR) is 86.5 cm³/mol. The fourth-order valence-corrected chi connectivity index (χ4v) is 3.30. The highest BCUT2D eigenvalue weighted by atomic mass is 35.5. The lowest BCUT2D eigenvalue weighted by Crippen LogP contribution is -2.46. The van der Waals surface area contributed by atoms with Crippen molar-refractivity contribution < 1.29 is 4.74 Å².